The molecule has 0 amide bonds. The summed E-state index contributed by atoms with van der Waals surface area (Å²) in [6, 6.07) is 21.2. The summed E-state index contributed by atoms with van der Waals surface area (Å²) in [4.78, 5) is 4.67. The number of anilines is 1. The zero-order valence-electron chi connectivity index (χ0n) is 11.1. The molecule has 2 nitrogen and oxygen atoms in total. The highest BCUT2D eigenvalue weighted by Crippen LogP contribution is 2.34. The highest BCUT2D eigenvalue weighted by atomic mass is 15.4. The predicted molar refractivity (Wildman–Crippen MR) is 79.6 cm³/mol. The van der Waals surface area contributed by atoms with Crippen LogP contribution in [0.2, 0.25) is 0 Å². The van der Waals surface area contributed by atoms with Gasteiger partial charge in [0.25, 0.3) is 0 Å². The minimum Gasteiger partial charge on any atom is -0.352 e. The second-order valence-electron chi connectivity index (χ2n) is 4.66. The number of hydrogen-bond donors (Lipinski definition) is 0. The second-order valence-corrected chi connectivity index (χ2v) is 4.66. The summed E-state index contributed by atoms with van der Waals surface area (Å²) in [5, 5.41) is 0. The monoisotopic (exact) mass is 250 g/mol. The molecular formula is C17H18N2. The standard InChI is InChI=1S/C17H18N2/c1-2-18-13-14-19(16-11-7-4-8-12-16)17(18)15-9-5-3-6-10-15/h3-14,17H,2H2,1H3. The molecule has 0 N–H and O–H groups in total. The van der Waals surface area contributed by atoms with E-state index in [4.69, 9.17) is 0 Å². The normalized spacial score (nSPS) is 18.1. The minimum atomic E-state index is 0.258. The first-order valence-electron chi connectivity index (χ1n) is 6.72. The van der Waals surface area contributed by atoms with Crippen LogP contribution in [0.3, 0.4) is 0 Å². The van der Waals surface area contributed by atoms with Gasteiger partial charge in [-0.1, -0.05) is 48.5 Å². The zero-order chi connectivity index (χ0) is 13.1. The van der Waals surface area contributed by atoms with Gasteiger partial charge in [-0.2, -0.15) is 0 Å². The van der Waals surface area contributed by atoms with Crippen molar-refractivity contribution in [3.05, 3.63) is 78.6 Å². The average molecular weight is 250 g/mol. The maximum absolute atomic E-state index is 2.35. The van der Waals surface area contributed by atoms with Gasteiger partial charge in [0.1, 0.15) is 6.17 Å². The van der Waals surface area contributed by atoms with Crippen LogP contribution in [0.4, 0.5) is 5.69 Å². The molecule has 0 saturated carbocycles. The maximum atomic E-state index is 2.35. The molecule has 3 rings (SSSR count). The van der Waals surface area contributed by atoms with Crippen molar-refractivity contribution in [1.82, 2.24) is 4.90 Å². The van der Waals surface area contributed by atoms with Crippen molar-refractivity contribution in [3.63, 3.8) is 0 Å². The van der Waals surface area contributed by atoms with Gasteiger partial charge in [0, 0.05) is 24.6 Å². The summed E-state index contributed by atoms with van der Waals surface area (Å²) < 4.78 is 0. The van der Waals surface area contributed by atoms with E-state index >= 15 is 0 Å². The van der Waals surface area contributed by atoms with Gasteiger partial charge in [0.2, 0.25) is 0 Å². The van der Waals surface area contributed by atoms with Crippen molar-refractivity contribution in [2.45, 2.75) is 13.1 Å². The van der Waals surface area contributed by atoms with Gasteiger partial charge in [0.15, 0.2) is 0 Å². The lowest BCUT2D eigenvalue weighted by Gasteiger charge is -2.32. The van der Waals surface area contributed by atoms with Crippen LogP contribution in [0, 0.1) is 0 Å². The topological polar surface area (TPSA) is 6.48 Å². The number of rotatable bonds is 3. The molecular weight excluding hydrogens is 232 g/mol. The van der Waals surface area contributed by atoms with Crippen molar-refractivity contribution in [3.8, 4) is 0 Å². The molecule has 0 aromatic heterocycles. The van der Waals surface area contributed by atoms with Crippen LogP contribution in [0.1, 0.15) is 18.7 Å². The Labute approximate surface area is 114 Å². The second kappa shape index (κ2) is 5.19. The summed E-state index contributed by atoms with van der Waals surface area (Å²) in [7, 11) is 0. The molecule has 1 heterocycles. The fraction of sp³-hybridized carbons (Fsp3) is 0.176. The summed E-state index contributed by atoms with van der Waals surface area (Å²) in [6.45, 7) is 3.19. The van der Waals surface area contributed by atoms with Crippen LogP contribution in [0.15, 0.2) is 73.1 Å². The van der Waals surface area contributed by atoms with Crippen molar-refractivity contribution in [1.29, 1.82) is 0 Å². The molecule has 0 radical (unpaired) electrons. The molecule has 1 unspecified atom stereocenters. The van der Waals surface area contributed by atoms with E-state index in [0.717, 1.165) is 6.54 Å². The Bertz CT molecular complexity index is 548. The Morgan fingerprint density at radius 1 is 0.842 bits per heavy atom. The third-order valence-corrected chi connectivity index (χ3v) is 3.51. The lowest BCUT2D eigenvalue weighted by molar-refractivity contribution is 0.321. The highest BCUT2D eigenvalue weighted by Gasteiger charge is 2.27. The van der Waals surface area contributed by atoms with E-state index in [-0.39, 0.29) is 6.17 Å². The van der Waals surface area contributed by atoms with Crippen molar-refractivity contribution < 1.29 is 0 Å². The predicted octanol–water partition coefficient (Wildman–Crippen LogP) is 4.00. The van der Waals surface area contributed by atoms with Gasteiger partial charge in [-0.25, -0.2) is 0 Å². The summed E-state index contributed by atoms with van der Waals surface area (Å²) in [5.74, 6) is 0. The van der Waals surface area contributed by atoms with Gasteiger partial charge < -0.3 is 9.80 Å². The van der Waals surface area contributed by atoms with E-state index < -0.39 is 0 Å². The van der Waals surface area contributed by atoms with Crippen molar-refractivity contribution >= 4 is 5.69 Å². The van der Waals surface area contributed by atoms with E-state index in [9.17, 15) is 0 Å². The minimum absolute atomic E-state index is 0.258. The largest absolute Gasteiger partial charge is 0.352 e. The maximum Gasteiger partial charge on any atom is 0.132 e. The Balaban J connectivity index is 1.98. The van der Waals surface area contributed by atoms with E-state index in [0.29, 0.717) is 0 Å². The van der Waals surface area contributed by atoms with E-state index in [2.05, 4.69) is 89.8 Å². The quantitative estimate of drug-likeness (QED) is 0.812. The molecule has 2 aromatic carbocycles. The lowest BCUT2D eigenvalue weighted by Crippen LogP contribution is -2.30. The van der Waals surface area contributed by atoms with Gasteiger partial charge >= 0.3 is 0 Å². The van der Waals surface area contributed by atoms with Gasteiger partial charge in [-0.15, -0.1) is 0 Å². The van der Waals surface area contributed by atoms with Crippen LogP contribution < -0.4 is 4.90 Å². The van der Waals surface area contributed by atoms with Crippen LogP contribution in [-0.4, -0.2) is 11.4 Å². The smallest absolute Gasteiger partial charge is 0.132 e. The zero-order valence-corrected chi connectivity index (χ0v) is 11.1. The first kappa shape index (κ1) is 11.8. The van der Waals surface area contributed by atoms with Gasteiger partial charge in [0.05, 0.1) is 0 Å². The Kier molecular flexibility index (Phi) is 3.23. The molecule has 0 fully saturated rings. The molecule has 2 heteroatoms. The molecule has 0 bridgehead atoms. The summed E-state index contributed by atoms with van der Waals surface area (Å²) in [5.41, 5.74) is 2.54. The highest BCUT2D eigenvalue weighted by molar-refractivity contribution is 5.53. The van der Waals surface area contributed by atoms with Crippen LogP contribution in [-0.2, 0) is 0 Å². The Hall–Kier alpha value is -2.22. The molecule has 1 atom stereocenters. The lowest BCUT2D eigenvalue weighted by atomic mass is 10.1. The molecule has 96 valence electrons. The summed E-state index contributed by atoms with van der Waals surface area (Å²) in [6.07, 6.45) is 4.59. The van der Waals surface area contributed by atoms with Crippen molar-refractivity contribution in [2.24, 2.45) is 0 Å². The Morgan fingerprint density at radius 2 is 1.47 bits per heavy atom. The third kappa shape index (κ3) is 2.22. The Morgan fingerprint density at radius 3 is 2.11 bits per heavy atom. The molecule has 0 saturated heterocycles. The van der Waals surface area contributed by atoms with Gasteiger partial charge in [-0.05, 0) is 24.6 Å². The molecule has 1 aliphatic rings. The number of nitrogens with zero attached hydrogens (tertiary/aromatic N) is 2. The van der Waals surface area contributed by atoms with Crippen LogP contribution in [0.25, 0.3) is 0 Å². The summed E-state index contributed by atoms with van der Waals surface area (Å²) >= 11 is 0. The first-order valence-corrected chi connectivity index (χ1v) is 6.72. The SMILES string of the molecule is CCN1C=CN(c2ccccc2)C1c1ccccc1. The van der Waals surface area contributed by atoms with Gasteiger partial charge in [-0.3, -0.25) is 0 Å². The van der Waals surface area contributed by atoms with E-state index in [1.807, 2.05) is 0 Å². The molecule has 0 aliphatic carbocycles. The molecule has 2 aromatic rings. The van der Waals surface area contributed by atoms with Crippen LogP contribution >= 0.6 is 0 Å². The van der Waals surface area contributed by atoms with E-state index in [1.165, 1.54) is 11.3 Å². The number of hydrogen-bond acceptors (Lipinski definition) is 2. The first-order chi connectivity index (χ1) is 9.40. The molecule has 0 spiro atoms. The third-order valence-electron chi connectivity index (χ3n) is 3.51. The number of para-hydroxylation sites is 1. The average Bonchev–Trinajstić information content (AvgIpc) is 2.93. The van der Waals surface area contributed by atoms with Crippen molar-refractivity contribution in [2.75, 3.05) is 11.4 Å². The number of benzene rings is 2. The molecule has 19 heavy (non-hydrogen) atoms. The fourth-order valence-electron chi connectivity index (χ4n) is 2.56. The van der Waals surface area contributed by atoms with E-state index in [1.54, 1.807) is 0 Å². The molecule has 1 aliphatic heterocycles. The van der Waals surface area contributed by atoms with Crippen LogP contribution in [0.5, 0.6) is 0 Å². The fourth-order valence-corrected chi connectivity index (χ4v) is 2.56.